The largest absolute Gasteiger partial charge is 0.497 e. The number of carbonyl (C=O) groups excluding carboxylic acids is 2. The van der Waals surface area contributed by atoms with E-state index in [2.05, 4.69) is 15.6 Å². The molecular formula is C22H27N5O3. The molecular weight excluding hydrogens is 382 g/mol. The van der Waals surface area contributed by atoms with Crippen LogP contribution in [0.5, 0.6) is 5.75 Å². The summed E-state index contributed by atoms with van der Waals surface area (Å²) in [5, 5.41) is 5.73. The first-order valence-electron chi connectivity index (χ1n) is 9.71. The summed E-state index contributed by atoms with van der Waals surface area (Å²) < 4.78 is 7.11. The summed E-state index contributed by atoms with van der Waals surface area (Å²) >= 11 is 0. The number of nitrogens with zero attached hydrogens (tertiary/aromatic N) is 3. The molecule has 158 valence electrons. The molecule has 2 N–H and O–H groups in total. The Kier molecular flexibility index (Phi) is 6.25. The van der Waals surface area contributed by atoms with Gasteiger partial charge in [0.15, 0.2) is 0 Å². The van der Waals surface area contributed by atoms with E-state index in [0.717, 1.165) is 11.3 Å². The summed E-state index contributed by atoms with van der Waals surface area (Å²) in [7, 11) is 5.18. The molecule has 0 aliphatic heterocycles. The lowest BCUT2D eigenvalue weighted by molar-refractivity contribution is 0.0943. The first-order valence-corrected chi connectivity index (χ1v) is 9.71. The number of urea groups is 1. The summed E-state index contributed by atoms with van der Waals surface area (Å²) in [5.41, 5.74) is 2.82. The Hall–Kier alpha value is -3.55. The highest BCUT2D eigenvalue weighted by Crippen LogP contribution is 2.19. The Balaban J connectivity index is 1.74. The van der Waals surface area contributed by atoms with Crippen LogP contribution in [0.4, 0.5) is 10.5 Å². The molecule has 1 heterocycles. The van der Waals surface area contributed by atoms with Gasteiger partial charge in [0.25, 0.3) is 5.91 Å². The van der Waals surface area contributed by atoms with E-state index in [1.165, 1.54) is 0 Å². The van der Waals surface area contributed by atoms with E-state index in [1.54, 1.807) is 43.3 Å². The summed E-state index contributed by atoms with van der Waals surface area (Å²) in [4.78, 5) is 31.0. The predicted octanol–water partition coefficient (Wildman–Crippen LogP) is 3.38. The molecule has 0 radical (unpaired) electrons. The van der Waals surface area contributed by atoms with Crippen LogP contribution in [0.1, 0.15) is 30.0 Å². The van der Waals surface area contributed by atoms with Gasteiger partial charge in [-0.2, -0.15) is 0 Å². The van der Waals surface area contributed by atoms with Crippen molar-refractivity contribution in [1.82, 2.24) is 19.8 Å². The van der Waals surface area contributed by atoms with Crippen LogP contribution < -0.4 is 15.4 Å². The van der Waals surface area contributed by atoms with Crippen LogP contribution in [-0.4, -0.2) is 46.6 Å². The topological polar surface area (TPSA) is 88.5 Å². The van der Waals surface area contributed by atoms with Gasteiger partial charge in [-0.05, 0) is 44.2 Å². The van der Waals surface area contributed by atoms with Gasteiger partial charge in [-0.25, -0.2) is 9.78 Å². The number of imidazole rings is 1. The fourth-order valence-electron chi connectivity index (χ4n) is 3.08. The third-order valence-electron chi connectivity index (χ3n) is 4.70. The number of ether oxygens (including phenoxy) is 1. The first kappa shape index (κ1) is 21.2. The summed E-state index contributed by atoms with van der Waals surface area (Å²) in [6.07, 6.45) is 0. The average molecular weight is 409 g/mol. The van der Waals surface area contributed by atoms with Gasteiger partial charge in [0.1, 0.15) is 11.6 Å². The van der Waals surface area contributed by atoms with Crippen molar-refractivity contribution in [3.8, 4) is 5.75 Å². The van der Waals surface area contributed by atoms with E-state index in [1.807, 2.05) is 43.7 Å². The van der Waals surface area contributed by atoms with Crippen molar-refractivity contribution in [2.75, 3.05) is 19.5 Å². The SMILES string of the molecule is COc1cccc(NC(=O)N(C)Cc2nc3cc(C(=O)NC(C)C)ccc3n2C)c1. The van der Waals surface area contributed by atoms with E-state index < -0.39 is 0 Å². The zero-order chi connectivity index (χ0) is 21.8. The molecule has 0 spiro atoms. The molecule has 3 rings (SSSR count). The number of benzene rings is 2. The second kappa shape index (κ2) is 8.86. The lowest BCUT2D eigenvalue weighted by Crippen LogP contribution is -2.31. The molecule has 30 heavy (non-hydrogen) atoms. The molecule has 0 atom stereocenters. The number of hydrogen-bond acceptors (Lipinski definition) is 4. The Labute approximate surface area is 175 Å². The summed E-state index contributed by atoms with van der Waals surface area (Å²) in [6.45, 7) is 4.15. The van der Waals surface area contributed by atoms with Gasteiger partial charge in [-0.1, -0.05) is 6.07 Å². The van der Waals surface area contributed by atoms with Crippen LogP contribution in [0.25, 0.3) is 11.0 Å². The average Bonchev–Trinajstić information content (AvgIpc) is 3.02. The van der Waals surface area contributed by atoms with Crippen LogP contribution in [-0.2, 0) is 13.6 Å². The van der Waals surface area contributed by atoms with Crippen molar-refractivity contribution in [1.29, 1.82) is 0 Å². The maximum Gasteiger partial charge on any atom is 0.321 e. The number of fused-ring (bicyclic) bond motifs is 1. The molecule has 1 aromatic heterocycles. The van der Waals surface area contributed by atoms with E-state index in [0.29, 0.717) is 29.1 Å². The first-order chi connectivity index (χ1) is 14.3. The Morgan fingerprint density at radius 2 is 1.97 bits per heavy atom. The zero-order valence-electron chi connectivity index (χ0n) is 17.9. The Morgan fingerprint density at radius 3 is 2.67 bits per heavy atom. The molecule has 0 bridgehead atoms. The lowest BCUT2D eigenvalue weighted by Gasteiger charge is -2.18. The molecule has 0 aliphatic rings. The second-order valence-corrected chi connectivity index (χ2v) is 7.44. The van der Waals surface area contributed by atoms with E-state index in [9.17, 15) is 9.59 Å². The van der Waals surface area contributed by atoms with Crippen molar-refractivity contribution >= 4 is 28.7 Å². The Bertz CT molecular complexity index is 1070. The number of anilines is 1. The summed E-state index contributed by atoms with van der Waals surface area (Å²) in [5.74, 6) is 1.26. The van der Waals surface area contributed by atoms with Gasteiger partial charge in [-0.15, -0.1) is 0 Å². The normalized spacial score (nSPS) is 10.9. The quantitative estimate of drug-likeness (QED) is 0.653. The smallest absolute Gasteiger partial charge is 0.321 e. The summed E-state index contributed by atoms with van der Waals surface area (Å²) in [6, 6.07) is 12.4. The molecule has 3 aromatic rings. The number of hydrogen-bond donors (Lipinski definition) is 2. The number of aromatic nitrogens is 2. The molecule has 0 aliphatic carbocycles. The minimum absolute atomic E-state index is 0.0595. The molecule has 0 unspecified atom stereocenters. The maximum absolute atomic E-state index is 12.6. The molecule has 0 saturated carbocycles. The van der Waals surface area contributed by atoms with Gasteiger partial charge in [0.2, 0.25) is 0 Å². The number of methoxy groups -OCH3 is 1. The van der Waals surface area contributed by atoms with Crippen molar-refractivity contribution in [2.45, 2.75) is 26.4 Å². The monoisotopic (exact) mass is 409 g/mol. The lowest BCUT2D eigenvalue weighted by atomic mass is 10.2. The van der Waals surface area contributed by atoms with Crippen LogP contribution in [0.3, 0.4) is 0 Å². The molecule has 8 heteroatoms. The third kappa shape index (κ3) is 4.71. The minimum Gasteiger partial charge on any atom is -0.497 e. The van der Waals surface area contributed by atoms with Crippen molar-refractivity contribution < 1.29 is 14.3 Å². The van der Waals surface area contributed by atoms with Gasteiger partial charge in [-0.3, -0.25) is 4.79 Å². The highest BCUT2D eigenvalue weighted by molar-refractivity contribution is 5.97. The number of amides is 3. The number of carbonyl (C=O) groups is 2. The van der Waals surface area contributed by atoms with Crippen LogP contribution in [0.2, 0.25) is 0 Å². The molecule has 8 nitrogen and oxygen atoms in total. The van der Waals surface area contributed by atoms with E-state index in [-0.39, 0.29) is 18.0 Å². The molecule has 2 aromatic carbocycles. The van der Waals surface area contributed by atoms with Gasteiger partial charge < -0.3 is 24.8 Å². The van der Waals surface area contributed by atoms with Crippen molar-refractivity contribution in [2.24, 2.45) is 7.05 Å². The highest BCUT2D eigenvalue weighted by atomic mass is 16.5. The Morgan fingerprint density at radius 1 is 1.20 bits per heavy atom. The number of nitrogens with one attached hydrogen (secondary N) is 2. The number of rotatable bonds is 6. The third-order valence-corrected chi connectivity index (χ3v) is 4.70. The van der Waals surface area contributed by atoms with Gasteiger partial charge in [0, 0.05) is 37.5 Å². The van der Waals surface area contributed by atoms with Crippen LogP contribution in [0, 0.1) is 0 Å². The van der Waals surface area contributed by atoms with Crippen LogP contribution >= 0.6 is 0 Å². The highest BCUT2D eigenvalue weighted by Gasteiger charge is 2.16. The van der Waals surface area contributed by atoms with Gasteiger partial charge >= 0.3 is 6.03 Å². The maximum atomic E-state index is 12.6. The standard InChI is InChI=1S/C22H27N5O3/c1-14(2)23-21(28)15-9-10-19-18(11-15)25-20(27(19)4)13-26(3)22(29)24-16-7-6-8-17(12-16)30-5/h6-12,14H,13H2,1-5H3,(H,23,28)(H,24,29). The molecule has 3 amide bonds. The van der Waals surface area contributed by atoms with Crippen LogP contribution in [0.15, 0.2) is 42.5 Å². The zero-order valence-corrected chi connectivity index (χ0v) is 17.9. The second-order valence-electron chi connectivity index (χ2n) is 7.44. The van der Waals surface area contributed by atoms with Crippen molar-refractivity contribution in [3.05, 3.63) is 53.9 Å². The van der Waals surface area contributed by atoms with Gasteiger partial charge in [0.05, 0.1) is 24.7 Å². The fourth-order valence-corrected chi connectivity index (χ4v) is 3.08. The van der Waals surface area contributed by atoms with E-state index >= 15 is 0 Å². The molecule has 0 fully saturated rings. The minimum atomic E-state index is -0.257. The fraction of sp³-hybridized carbons (Fsp3) is 0.318. The molecule has 0 saturated heterocycles. The predicted molar refractivity (Wildman–Crippen MR) is 117 cm³/mol. The number of aryl methyl sites for hydroxylation is 1. The van der Waals surface area contributed by atoms with Crippen molar-refractivity contribution in [3.63, 3.8) is 0 Å². The van der Waals surface area contributed by atoms with E-state index in [4.69, 9.17) is 4.74 Å².